The number of hydrogen-bond donors (Lipinski definition) is 1. The first kappa shape index (κ1) is 14.2. The first-order chi connectivity index (χ1) is 9.79. The van der Waals surface area contributed by atoms with E-state index in [0.717, 1.165) is 23.3 Å². The summed E-state index contributed by atoms with van der Waals surface area (Å²) >= 11 is 0. The van der Waals surface area contributed by atoms with E-state index in [9.17, 15) is 0 Å². The van der Waals surface area contributed by atoms with E-state index in [1.807, 2.05) is 43.3 Å². The number of aryl methyl sites for hydroxylation is 1. The summed E-state index contributed by atoms with van der Waals surface area (Å²) in [5.74, 6) is 6.36. The molecule has 2 nitrogen and oxygen atoms in total. The van der Waals surface area contributed by atoms with E-state index in [0.29, 0.717) is 6.61 Å². The van der Waals surface area contributed by atoms with E-state index in [2.05, 4.69) is 24.0 Å². The molecule has 0 saturated carbocycles. The molecule has 0 bridgehead atoms. The molecule has 0 spiro atoms. The Bertz CT molecular complexity index is 606. The van der Waals surface area contributed by atoms with Crippen LogP contribution in [0.3, 0.4) is 0 Å². The van der Waals surface area contributed by atoms with Gasteiger partial charge in [-0.25, -0.2) is 0 Å². The summed E-state index contributed by atoms with van der Waals surface area (Å²) < 4.78 is 5.81. The molecule has 102 valence electrons. The van der Waals surface area contributed by atoms with Gasteiger partial charge in [-0.05, 0) is 30.2 Å². The summed E-state index contributed by atoms with van der Waals surface area (Å²) in [4.78, 5) is 0. The number of aliphatic hydroxyl groups is 1. The van der Waals surface area contributed by atoms with Crippen LogP contribution < -0.4 is 4.74 Å². The standard InChI is InChI=1S/C18H18O2/c1-15-9-10-18(17(14-15)8-5-12-19)20-13-11-16-6-3-2-4-7-16/h2-4,6-7,9-10,14,19H,11-13H2,1H3. The van der Waals surface area contributed by atoms with E-state index in [1.54, 1.807) is 0 Å². The molecule has 0 unspecified atom stereocenters. The molecule has 0 aliphatic heterocycles. The van der Waals surface area contributed by atoms with Crippen molar-refractivity contribution in [3.63, 3.8) is 0 Å². The zero-order chi connectivity index (χ0) is 14.2. The van der Waals surface area contributed by atoms with Crippen molar-refractivity contribution >= 4 is 0 Å². The predicted octanol–water partition coefficient (Wildman–Crippen LogP) is 2.96. The normalized spacial score (nSPS) is 9.70. The monoisotopic (exact) mass is 266 g/mol. The fourth-order valence-electron chi connectivity index (χ4n) is 1.93. The molecule has 0 aliphatic rings. The van der Waals surface area contributed by atoms with Crippen molar-refractivity contribution < 1.29 is 9.84 Å². The third kappa shape index (κ3) is 4.15. The molecule has 2 aromatic carbocycles. The SMILES string of the molecule is Cc1ccc(OCCc2ccccc2)c(C#CCO)c1. The third-order valence-corrected chi connectivity index (χ3v) is 2.93. The zero-order valence-corrected chi connectivity index (χ0v) is 11.6. The van der Waals surface area contributed by atoms with Crippen molar-refractivity contribution in [2.75, 3.05) is 13.2 Å². The Hall–Kier alpha value is -2.24. The molecule has 0 amide bonds. The summed E-state index contributed by atoms with van der Waals surface area (Å²) in [6.07, 6.45) is 0.863. The number of aliphatic hydroxyl groups excluding tert-OH is 1. The molecule has 2 heteroatoms. The van der Waals surface area contributed by atoms with Gasteiger partial charge in [0, 0.05) is 6.42 Å². The highest BCUT2D eigenvalue weighted by Gasteiger charge is 2.02. The largest absolute Gasteiger partial charge is 0.492 e. The quantitative estimate of drug-likeness (QED) is 0.862. The van der Waals surface area contributed by atoms with Crippen molar-refractivity contribution in [3.05, 3.63) is 65.2 Å². The minimum Gasteiger partial charge on any atom is -0.492 e. The van der Waals surface area contributed by atoms with Gasteiger partial charge in [0.2, 0.25) is 0 Å². The van der Waals surface area contributed by atoms with Gasteiger partial charge in [0.1, 0.15) is 12.4 Å². The van der Waals surface area contributed by atoms with E-state index >= 15 is 0 Å². The number of hydrogen-bond acceptors (Lipinski definition) is 2. The van der Waals surface area contributed by atoms with Crippen LogP contribution in [0.4, 0.5) is 0 Å². The molecule has 2 aromatic rings. The molecule has 2 rings (SSSR count). The molecule has 20 heavy (non-hydrogen) atoms. The van der Waals surface area contributed by atoms with E-state index in [-0.39, 0.29) is 6.61 Å². The highest BCUT2D eigenvalue weighted by Crippen LogP contribution is 2.19. The van der Waals surface area contributed by atoms with Crippen LogP contribution in [0.25, 0.3) is 0 Å². The van der Waals surface area contributed by atoms with Crippen molar-refractivity contribution in [2.24, 2.45) is 0 Å². The summed E-state index contributed by atoms with van der Waals surface area (Å²) in [5.41, 5.74) is 3.21. The van der Waals surface area contributed by atoms with Gasteiger partial charge < -0.3 is 9.84 Å². The van der Waals surface area contributed by atoms with Gasteiger partial charge in [0.25, 0.3) is 0 Å². The van der Waals surface area contributed by atoms with Gasteiger partial charge in [0.15, 0.2) is 0 Å². The Morgan fingerprint density at radius 2 is 1.90 bits per heavy atom. The number of rotatable bonds is 4. The lowest BCUT2D eigenvalue weighted by atomic mass is 10.1. The zero-order valence-electron chi connectivity index (χ0n) is 11.6. The van der Waals surface area contributed by atoms with Crippen molar-refractivity contribution in [1.82, 2.24) is 0 Å². The molecule has 0 radical (unpaired) electrons. The highest BCUT2D eigenvalue weighted by atomic mass is 16.5. The van der Waals surface area contributed by atoms with Gasteiger partial charge in [-0.3, -0.25) is 0 Å². The van der Waals surface area contributed by atoms with E-state index in [4.69, 9.17) is 9.84 Å². The van der Waals surface area contributed by atoms with Crippen molar-refractivity contribution in [1.29, 1.82) is 0 Å². The minimum absolute atomic E-state index is 0.141. The van der Waals surface area contributed by atoms with Crippen LogP contribution in [-0.2, 0) is 6.42 Å². The maximum Gasteiger partial charge on any atom is 0.134 e. The average molecular weight is 266 g/mol. The van der Waals surface area contributed by atoms with Crippen LogP contribution in [0.5, 0.6) is 5.75 Å². The smallest absolute Gasteiger partial charge is 0.134 e. The van der Waals surface area contributed by atoms with Gasteiger partial charge in [-0.15, -0.1) is 0 Å². The molecule has 0 aromatic heterocycles. The first-order valence-corrected chi connectivity index (χ1v) is 6.66. The van der Waals surface area contributed by atoms with Crippen molar-refractivity contribution in [3.8, 4) is 17.6 Å². The third-order valence-electron chi connectivity index (χ3n) is 2.93. The summed E-state index contributed by atoms with van der Waals surface area (Å²) in [5, 5.41) is 8.80. The lowest BCUT2D eigenvalue weighted by Crippen LogP contribution is -2.02. The van der Waals surface area contributed by atoms with Gasteiger partial charge >= 0.3 is 0 Å². The van der Waals surface area contributed by atoms with Crippen LogP contribution in [0.1, 0.15) is 16.7 Å². The molecule has 0 atom stereocenters. The second kappa shape index (κ2) is 7.37. The number of benzene rings is 2. The second-order valence-corrected chi connectivity index (χ2v) is 4.54. The van der Waals surface area contributed by atoms with Gasteiger partial charge in [-0.1, -0.05) is 48.2 Å². The van der Waals surface area contributed by atoms with Crippen LogP contribution >= 0.6 is 0 Å². The van der Waals surface area contributed by atoms with Crippen LogP contribution in [0, 0.1) is 18.8 Å². The van der Waals surface area contributed by atoms with Gasteiger partial charge in [0.05, 0.1) is 12.2 Å². The molecule has 0 heterocycles. The molecule has 0 aliphatic carbocycles. The molecular formula is C18H18O2. The Morgan fingerprint density at radius 3 is 2.65 bits per heavy atom. The minimum atomic E-state index is -0.141. The fraction of sp³-hybridized carbons (Fsp3) is 0.222. The van der Waals surface area contributed by atoms with Crippen LogP contribution in [0.2, 0.25) is 0 Å². The Labute approximate surface area is 120 Å². The Morgan fingerprint density at radius 1 is 1.10 bits per heavy atom. The summed E-state index contributed by atoms with van der Waals surface area (Å²) in [7, 11) is 0. The van der Waals surface area contributed by atoms with Crippen molar-refractivity contribution in [2.45, 2.75) is 13.3 Å². The van der Waals surface area contributed by atoms with E-state index in [1.165, 1.54) is 5.56 Å². The summed E-state index contributed by atoms with van der Waals surface area (Å²) in [6.45, 7) is 2.48. The Kier molecular flexibility index (Phi) is 5.23. The topological polar surface area (TPSA) is 29.5 Å². The molecule has 0 saturated heterocycles. The average Bonchev–Trinajstić information content (AvgIpc) is 2.48. The van der Waals surface area contributed by atoms with E-state index < -0.39 is 0 Å². The highest BCUT2D eigenvalue weighted by molar-refractivity contribution is 5.48. The second-order valence-electron chi connectivity index (χ2n) is 4.54. The van der Waals surface area contributed by atoms with Crippen LogP contribution in [-0.4, -0.2) is 18.3 Å². The molecule has 1 N–H and O–H groups in total. The lowest BCUT2D eigenvalue weighted by Gasteiger charge is -2.09. The lowest BCUT2D eigenvalue weighted by molar-refractivity contribution is 0.321. The number of ether oxygens (including phenoxy) is 1. The summed E-state index contributed by atoms with van der Waals surface area (Å²) in [6, 6.07) is 16.1. The maximum absolute atomic E-state index is 8.80. The van der Waals surface area contributed by atoms with Crippen LogP contribution in [0.15, 0.2) is 48.5 Å². The fourth-order valence-corrected chi connectivity index (χ4v) is 1.93. The maximum atomic E-state index is 8.80. The predicted molar refractivity (Wildman–Crippen MR) is 80.8 cm³/mol. The van der Waals surface area contributed by atoms with Gasteiger partial charge in [-0.2, -0.15) is 0 Å². The first-order valence-electron chi connectivity index (χ1n) is 6.66. The molecule has 0 fully saturated rings. The molecular weight excluding hydrogens is 248 g/mol. The Balaban J connectivity index is 2.02.